The summed E-state index contributed by atoms with van der Waals surface area (Å²) in [6.45, 7) is 2.76. The summed E-state index contributed by atoms with van der Waals surface area (Å²) < 4.78 is 5.38. The molecule has 1 aromatic rings. The number of ketones is 1. The maximum absolute atomic E-state index is 12.1. The van der Waals surface area contributed by atoms with Gasteiger partial charge in [0, 0.05) is 32.2 Å². The van der Waals surface area contributed by atoms with Crippen LogP contribution in [0.2, 0.25) is 5.02 Å². The van der Waals surface area contributed by atoms with Crippen LogP contribution >= 0.6 is 11.6 Å². The first-order chi connectivity index (χ1) is 9.20. The van der Waals surface area contributed by atoms with Gasteiger partial charge in [-0.25, -0.2) is 0 Å². The molecule has 1 fully saturated rings. The van der Waals surface area contributed by atoms with Crippen molar-refractivity contribution in [3.63, 3.8) is 0 Å². The SMILES string of the molecule is COC1CCCN(CCC(=O)c2ccccc2Cl)C1. The maximum Gasteiger partial charge on any atom is 0.165 e. The second-order valence-electron chi connectivity index (χ2n) is 4.95. The molecule has 1 heterocycles. The second kappa shape index (κ2) is 7.04. The molecule has 0 bridgehead atoms. The molecule has 4 heteroatoms. The van der Waals surface area contributed by atoms with E-state index in [9.17, 15) is 4.79 Å². The second-order valence-corrected chi connectivity index (χ2v) is 5.36. The number of rotatable bonds is 5. The molecule has 1 aliphatic heterocycles. The number of benzene rings is 1. The highest BCUT2D eigenvalue weighted by atomic mass is 35.5. The zero-order chi connectivity index (χ0) is 13.7. The molecule has 1 unspecified atom stereocenters. The summed E-state index contributed by atoms with van der Waals surface area (Å²) in [5.41, 5.74) is 0.629. The summed E-state index contributed by atoms with van der Waals surface area (Å²) >= 11 is 6.03. The van der Waals surface area contributed by atoms with Crippen molar-refractivity contribution in [3.05, 3.63) is 34.9 Å². The minimum absolute atomic E-state index is 0.116. The lowest BCUT2D eigenvalue weighted by Crippen LogP contribution is -2.40. The highest BCUT2D eigenvalue weighted by molar-refractivity contribution is 6.33. The molecular formula is C15H20ClNO2. The van der Waals surface area contributed by atoms with Crippen LogP contribution in [0, 0.1) is 0 Å². The van der Waals surface area contributed by atoms with Crippen LogP contribution in [0.5, 0.6) is 0 Å². The Morgan fingerprint density at radius 3 is 3.00 bits per heavy atom. The Balaban J connectivity index is 1.85. The molecule has 104 valence electrons. The van der Waals surface area contributed by atoms with Crippen LogP contribution in [0.4, 0.5) is 0 Å². The first-order valence-electron chi connectivity index (χ1n) is 6.73. The lowest BCUT2D eigenvalue weighted by molar-refractivity contribution is 0.0309. The fourth-order valence-electron chi connectivity index (χ4n) is 2.49. The van der Waals surface area contributed by atoms with E-state index in [0.717, 1.165) is 32.5 Å². The van der Waals surface area contributed by atoms with Crippen molar-refractivity contribution in [2.75, 3.05) is 26.7 Å². The molecule has 19 heavy (non-hydrogen) atoms. The predicted molar refractivity (Wildman–Crippen MR) is 76.9 cm³/mol. The normalized spacial score (nSPS) is 20.4. The number of hydrogen-bond acceptors (Lipinski definition) is 3. The minimum atomic E-state index is 0.116. The number of likely N-dealkylation sites (tertiary alicyclic amines) is 1. The Labute approximate surface area is 119 Å². The Kier molecular flexibility index (Phi) is 5.37. The van der Waals surface area contributed by atoms with Crippen molar-refractivity contribution in [2.24, 2.45) is 0 Å². The summed E-state index contributed by atoms with van der Waals surface area (Å²) in [6, 6.07) is 7.24. The summed E-state index contributed by atoms with van der Waals surface area (Å²) in [7, 11) is 1.75. The van der Waals surface area contributed by atoms with Crippen LogP contribution in [-0.2, 0) is 4.74 Å². The average Bonchev–Trinajstić information content (AvgIpc) is 2.45. The van der Waals surface area contributed by atoms with Crippen molar-refractivity contribution in [3.8, 4) is 0 Å². The lowest BCUT2D eigenvalue weighted by Gasteiger charge is -2.31. The van der Waals surface area contributed by atoms with Gasteiger partial charge < -0.3 is 9.64 Å². The molecule has 0 radical (unpaired) electrons. The zero-order valence-electron chi connectivity index (χ0n) is 11.3. The van der Waals surface area contributed by atoms with Gasteiger partial charge in [-0.2, -0.15) is 0 Å². The van der Waals surface area contributed by atoms with E-state index < -0.39 is 0 Å². The van der Waals surface area contributed by atoms with Gasteiger partial charge in [0.05, 0.1) is 11.1 Å². The Hall–Kier alpha value is -0.900. The number of hydrogen-bond donors (Lipinski definition) is 0. The molecule has 1 atom stereocenters. The number of halogens is 1. The van der Waals surface area contributed by atoms with Gasteiger partial charge in [-0.1, -0.05) is 23.7 Å². The van der Waals surface area contributed by atoms with Crippen LogP contribution < -0.4 is 0 Å². The van der Waals surface area contributed by atoms with Gasteiger partial charge in [0.25, 0.3) is 0 Å². The van der Waals surface area contributed by atoms with E-state index in [0.29, 0.717) is 23.1 Å². The lowest BCUT2D eigenvalue weighted by atomic mass is 10.1. The highest BCUT2D eigenvalue weighted by Crippen LogP contribution is 2.18. The zero-order valence-corrected chi connectivity index (χ0v) is 12.0. The molecule has 0 amide bonds. The number of carbonyl (C=O) groups is 1. The number of carbonyl (C=O) groups excluding carboxylic acids is 1. The van der Waals surface area contributed by atoms with Crippen LogP contribution in [0.3, 0.4) is 0 Å². The van der Waals surface area contributed by atoms with Crippen LogP contribution in [0.15, 0.2) is 24.3 Å². The summed E-state index contributed by atoms with van der Waals surface area (Å²) in [5.74, 6) is 0.116. The van der Waals surface area contributed by atoms with E-state index in [1.165, 1.54) is 0 Å². The van der Waals surface area contributed by atoms with Gasteiger partial charge in [-0.15, -0.1) is 0 Å². The molecule has 1 aromatic carbocycles. The minimum Gasteiger partial charge on any atom is -0.380 e. The number of Topliss-reactive ketones (excluding diaryl/α,β-unsaturated/α-hetero) is 1. The molecule has 0 aliphatic carbocycles. The third-order valence-corrected chi connectivity index (χ3v) is 3.95. The van der Waals surface area contributed by atoms with Crippen molar-refractivity contribution in [1.82, 2.24) is 4.90 Å². The van der Waals surface area contributed by atoms with Crippen molar-refractivity contribution < 1.29 is 9.53 Å². The summed E-state index contributed by atoms with van der Waals surface area (Å²) in [6.07, 6.45) is 3.08. The summed E-state index contributed by atoms with van der Waals surface area (Å²) in [5, 5.41) is 0.543. The molecule has 2 rings (SSSR count). The Morgan fingerprint density at radius 2 is 2.26 bits per heavy atom. The molecule has 0 N–H and O–H groups in total. The third kappa shape index (κ3) is 4.03. The number of piperidine rings is 1. The third-order valence-electron chi connectivity index (χ3n) is 3.62. The van der Waals surface area contributed by atoms with Crippen molar-refractivity contribution in [1.29, 1.82) is 0 Å². The van der Waals surface area contributed by atoms with Gasteiger partial charge in [0.1, 0.15) is 0 Å². The fourth-order valence-corrected chi connectivity index (χ4v) is 2.73. The molecular weight excluding hydrogens is 262 g/mol. The highest BCUT2D eigenvalue weighted by Gasteiger charge is 2.20. The van der Waals surface area contributed by atoms with Crippen molar-refractivity contribution >= 4 is 17.4 Å². The Bertz CT molecular complexity index is 436. The average molecular weight is 282 g/mol. The number of ether oxygens (including phenoxy) is 1. The van der Waals surface area contributed by atoms with E-state index >= 15 is 0 Å². The quantitative estimate of drug-likeness (QED) is 0.777. The fraction of sp³-hybridized carbons (Fsp3) is 0.533. The molecule has 3 nitrogen and oxygen atoms in total. The topological polar surface area (TPSA) is 29.5 Å². The first-order valence-corrected chi connectivity index (χ1v) is 7.11. The smallest absolute Gasteiger partial charge is 0.165 e. The van der Waals surface area contributed by atoms with Crippen LogP contribution in [-0.4, -0.2) is 43.5 Å². The van der Waals surface area contributed by atoms with E-state index in [1.54, 1.807) is 19.2 Å². The van der Waals surface area contributed by atoms with Gasteiger partial charge in [-0.3, -0.25) is 4.79 Å². The van der Waals surface area contributed by atoms with Gasteiger partial charge in [0.15, 0.2) is 5.78 Å². The largest absolute Gasteiger partial charge is 0.380 e. The van der Waals surface area contributed by atoms with Gasteiger partial charge in [0.2, 0.25) is 0 Å². The van der Waals surface area contributed by atoms with E-state index in [-0.39, 0.29) is 5.78 Å². The monoisotopic (exact) mass is 281 g/mol. The van der Waals surface area contributed by atoms with Gasteiger partial charge >= 0.3 is 0 Å². The standard InChI is InChI=1S/C15H20ClNO2/c1-19-12-5-4-9-17(11-12)10-8-15(18)13-6-2-3-7-14(13)16/h2-3,6-7,12H,4-5,8-11H2,1H3. The summed E-state index contributed by atoms with van der Waals surface area (Å²) in [4.78, 5) is 14.4. The molecule has 0 saturated carbocycles. The number of methoxy groups -OCH3 is 1. The Morgan fingerprint density at radius 1 is 1.47 bits per heavy atom. The molecule has 1 aliphatic rings. The molecule has 0 aromatic heterocycles. The van der Waals surface area contributed by atoms with Gasteiger partial charge in [-0.05, 0) is 31.5 Å². The van der Waals surface area contributed by atoms with E-state index in [4.69, 9.17) is 16.3 Å². The van der Waals surface area contributed by atoms with E-state index in [1.807, 2.05) is 12.1 Å². The van der Waals surface area contributed by atoms with Crippen LogP contribution in [0.25, 0.3) is 0 Å². The molecule has 0 spiro atoms. The maximum atomic E-state index is 12.1. The first kappa shape index (κ1) is 14.5. The van der Waals surface area contributed by atoms with Crippen LogP contribution in [0.1, 0.15) is 29.6 Å². The van der Waals surface area contributed by atoms with E-state index in [2.05, 4.69) is 4.90 Å². The number of nitrogens with zero attached hydrogens (tertiary/aromatic N) is 1. The predicted octanol–water partition coefficient (Wildman–Crippen LogP) is 3.02. The van der Waals surface area contributed by atoms with Crippen molar-refractivity contribution in [2.45, 2.75) is 25.4 Å². The molecule has 1 saturated heterocycles.